The molecule has 0 aliphatic heterocycles. The van der Waals surface area contributed by atoms with Gasteiger partial charge in [0.05, 0.1) is 14.2 Å². The predicted octanol–water partition coefficient (Wildman–Crippen LogP) is 2.31. The summed E-state index contributed by atoms with van der Waals surface area (Å²) < 4.78 is 9.96. The van der Waals surface area contributed by atoms with Crippen LogP contribution in [0.2, 0.25) is 0 Å². The van der Waals surface area contributed by atoms with Crippen LogP contribution in [0.1, 0.15) is 13.8 Å². The SMILES string of the molecule is CC.COc1cc(N)cc(OC)c1. The maximum atomic E-state index is 5.55. The van der Waals surface area contributed by atoms with Crippen LogP contribution in [0.15, 0.2) is 18.2 Å². The van der Waals surface area contributed by atoms with Crippen molar-refractivity contribution in [1.29, 1.82) is 0 Å². The lowest BCUT2D eigenvalue weighted by molar-refractivity contribution is 0.395. The second kappa shape index (κ2) is 6.17. The quantitative estimate of drug-likeness (QED) is 0.715. The molecule has 1 aromatic rings. The molecule has 0 radical (unpaired) electrons. The van der Waals surface area contributed by atoms with E-state index in [0.717, 1.165) is 0 Å². The van der Waals surface area contributed by atoms with Gasteiger partial charge in [0.25, 0.3) is 0 Å². The second-order valence-electron chi connectivity index (χ2n) is 2.15. The number of methoxy groups -OCH3 is 2. The highest BCUT2D eigenvalue weighted by atomic mass is 16.5. The van der Waals surface area contributed by atoms with Crippen molar-refractivity contribution in [2.45, 2.75) is 13.8 Å². The van der Waals surface area contributed by atoms with Gasteiger partial charge in [0.2, 0.25) is 0 Å². The van der Waals surface area contributed by atoms with E-state index in [4.69, 9.17) is 15.2 Å². The van der Waals surface area contributed by atoms with Crippen LogP contribution in [0.4, 0.5) is 5.69 Å². The summed E-state index contributed by atoms with van der Waals surface area (Å²) in [6, 6.07) is 5.25. The van der Waals surface area contributed by atoms with Gasteiger partial charge in [0.15, 0.2) is 0 Å². The maximum absolute atomic E-state index is 5.55. The van der Waals surface area contributed by atoms with Crippen molar-refractivity contribution in [2.75, 3.05) is 20.0 Å². The normalized spacial score (nSPS) is 8.31. The van der Waals surface area contributed by atoms with E-state index in [2.05, 4.69) is 0 Å². The van der Waals surface area contributed by atoms with E-state index in [1.54, 1.807) is 32.4 Å². The lowest BCUT2D eigenvalue weighted by atomic mass is 10.3. The molecule has 0 aliphatic carbocycles. The molecule has 1 rings (SSSR count). The summed E-state index contributed by atoms with van der Waals surface area (Å²) in [6.07, 6.45) is 0. The number of ether oxygens (including phenoxy) is 2. The van der Waals surface area contributed by atoms with Gasteiger partial charge in [0.1, 0.15) is 11.5 Å². The molecular formula is C10H17NO2. The van der Waals surface area contributed by atoms with E-state index in [1.165, 1.54) is 0 Å². The number of anilines is 1. The van der Waals surface area contributed by atoms with Crippen molar-refractivity contribution in [3.05, 3.63) is 18.2 Å². The maximum Gasteiger partial charge on any atom is 0.124 e. The van der Waals surface area contributed by atoms with E-state index in [-0.39, 0.29) is 0 Å². The number of hydrogen-bond acceptors (Lipinski definition) is 3. The van der Waals surface area contributed by atoms with Gasteiger partial charge in [0, 0.05) is 23.9 Å². The van der Waals surface area contributed by atoms with Gasteiger partial charge in [-0.05, 0) is 0 Å². The van der Waals surface area contributed by atoms with Gasteiger partial charge in [-0.2, -0.15) is 0 Å². The zero-order valence-electron chi connectivity index (χ0n) is 8.63. The third-order valence-electron chi connectivity index (χ3n) is 1.37. The molecule has 2 N–H and O–H groups in total. The van der Waals surface area contributed by atoms with Crippen LogP contribution in [0.25, 0.3) is 0 Å². The van der Waals surface area contributed by atoms with Gasteiger partial charge in [-0.15, -0.1) is 0 Å². The Bertz CT molecular complexity index is 226. The fraction of sp³-hybridized carbons (Fsp3) is 0.400. The Kier molecular flexibility index (Phi) is 5.52. The minimum atomic E-state index is 0.640. The summed E-state index contributed by atoms with van der Waals surface area (Å²) >= 11 is 0. The summed E-state index contributed by atoms with van der Waals surface area (Å²) in [5, 5.41) is 0. The Labute approximate surface area is 79.5 Å². The molecule has 1 aromatic carbocycles. The summed E-state index contributed by atoms with van der Waals surface area (Å²) in [5.41, 5.74) is 6.19. The molecule has 0 heterocycles. The molecule has 3 nitrogen and oxygen atoms in total. The fourth-order valence-electron chi connectivity index (χ4n) is 0.829. The number of hydrogen-bond donors (Lipinski definition) is 1. The zero-order valence-corrected chi connectivity index (χ0v) is 8.63. The highest BCUT2D eigenvalue weighted by Gasteiger charge is 1.97. The summed E-state index contributed by atoms with van der Waals surface area (Å²) in [6.45, 7) is 4.00. The first-order valence-electron chi connectivity index (χ1n) is 4.25. The monoisotopic (exact) mass is 183 g/mol. The minimum absolute atomic E-state index is 0.640. The standard InChI is InChI=1S/C8H11NO2.C2H6/c1-10-7-3-6(9)4-8(5-7)11-2;1-2/h3-5H,9H2,1-2H3;1-2H3. The molecule has 0 fully saturated rings. The van der Waals surface area contributed by atoms with Gasteiger partial charge in [-0.1, -0.05) is 13.8 Å². The highest BCUT2D eigenvalue weighted by molar-refractivity contribution is 5.50. The molecule has 0 amide bonds. The molecule has 0 spiro atoms. The molecule has 74 valence electrons. The average Bonchev–Trinajstić information content (AvgIpc) is 2.20. The topological polar surface area (TPSA) is 44.5 Å². The molecule has 0 bridgehead atoms. The fourth-order valence-corrected chi connectivity index (χ4v) is 0.829. The summed E-state index contributed by atoms with van der Waals surface area (Å²) in [5.74, 6) is 1.42. The predicted molar refractivity (Wildman–Crippen MR) is 55.3 cm³/mol. The highest BCUT2D eigenvalue weighted by Crippen LogP contribution is 2.23. The third kappa shape index (κ3) is 3.69. The smallest absolute Gasteiger partial charge is 0.124 e. The molecule has 0 aliphatic rings. The lowest BCUT2D eigenvalue weighted by Crippen LogP contribution is -1.90. The Hall–Kier alpha value is -1.38. The number of rotatable bonds is 2. The first-order valence-corrected chi connectivity index (χ1v) is 4.25. The first kappa shape index (κ1) is 11.6. The van der Waals surface area contributed by atoms with E-state index in [9.17, 15) is 0 Å². The van der Waals surface area contributed by atoms with Gasteiger partial charge >= 0.3 is 0 Å². The Morgan fingerprint density at radius 1 is 0.923 bits per heavy atom. The van der Waals surface area contributed by atoms with E-state index < -0.39 is 0 Å². The second-order valence-corrected chi connectivity index (χ2v) is 2.15. The third-order valence-corrected chi connectivity index (χ3v) is 1.37. The molecule has 0 saturated carbocycles. The molecule has 3 heteroatoms. The van der Waals surface area contributed by atoms with Gasteiger partial charge in [-0.3, -0.25) is 0 Å². The molecule has 0 aromatic heterocycles. The number of nitrogen functional groups attached to an aromatic ring is 1. The van der Waals surface area contributed by atoms with Crippen LogP contribution in [-0.4, -0.2) is 14.2 Å². The van der Waals surface area contributed by atoms with E-state index >= 15 is 0 Å². The molecule has 13 heavy (non-hydrogen) atoms. The molecule has 0 unspecified atom stereocenters. The zero-order chi connectivity index (χ0) is 10.3. The van der Waals surface area contributed by atoms with Crippen molar-refractivity contribution in [3.8, 4) is 11.5 Å². The first-order chi connectivity index (χ1) is 6.26. The van der Waals surface area contributed by atoms with Crippen LogP contribution >= 0.6 is 0 Å². The van der Waals surface area contributed by atoms with Crippen LogP contribution in [-0.2, 0) is 0 Å². The molecular weight excluding hydrogens is 166 g/mol. The van der Waals surface area contributed by atoms with Crippen molar-refractivity contribution in [3.63, 3.8) is 0 Å². The lowest BCUT2D eigenvalue weighted by Gasteiger charge is -2.04. The van der Waals surface area contributed by atoms with Crippen LogP contribution in [0.5, 0.6) is 11.5 Å². The van der Waals surface area contributed by atoms with Gasteiger partial charge in [-0.25, -0.2) is 0 Å². The molecule has 0 atom stereocenters. The molecule has 0 saturated heterocycles. The van der Waals surface area contributed by atoms with Crippen molar-refractivity contribution in [2.24, 2.45) is 0 Å². The summed E-state index contributed by atoms with van der Waals surface area (Å²) in [4.78, 5) is 0. The van der Waals surface area contributed by atoms with Crippen LogP contribution < -0.4 is 15.2 Å². The largest absolute Gasteiger partial charge is 0.497 e. The Morgan fingerprint density at radius 3 is 1.62 bits per heavy atom. The van der Waals surface area contributed by atoms with Crippen LogP contribution in [0.3, 0.4) is 0 Å². The number of nitrogens with two attached hydrogens (primary N) is 1. The van der Waals surface area contributed by atoms with Crippen LogP contribution in [0, 0.1) is 0 Å². The van der Waals surface area contributed by atoms with Crippen molar-refractivity contribution < 1.29 is 9.47 Å². The Balaban J connectivity index is 0.000000671. The van der Waals surface area contributed by atoms with Gasteiger partial charge < -0.3 is 15.2 Å². The average molecular weight is 183 g/mol. The van der Waals surface area contributed by atoms with Crippen molar-refractivity contribution in [1.82, 2.24) is 0 Å². The number of benzene rings is 1. The van der Waals surface area contributed by atoms with Crippen molar-refractivity contribution >= 4 is 5.69 Å². The summed E-state index contributed by atoms with van der Waals surface area (Å²) in [7, 11) is 3.18. The minimum Gasteiger partial charge on any atom is -0.497 e. The van der Waals surface area contributed by atoms with E-state index in [1.807, 2.05) is 13.8 Å². The Morgan fingerprint density at radius 2 is 1.31 bits per heavy atom. The van der Waals surface area contributed by atoms with E-state index in [0.29, 0.717) is 17.2 Å².